The van der Waals surface area contributed by atoms with Crippen LogP contribution >= 0.6 is 15.9 Å². The molecule has 3 nitrogen and oxygen atoms in total. The maximum absolute atomic E-state index is 14.3. The van der Waals surface area contributed by atoms with Gasteiger partial charge < -0.3 is 5.32 Å². The molecule has 1 heterocycles. The molecule has 21 heavy (non-hydrogen) atoms. The van der Waals surface area contributed by atoms with E-state index in [1.165, 1.54) is 18.5 Å². The zero-order valence-corrected chi connectivity index (χ0v) is 13.5. The number of hydrogen-bond donors (Lipinski definition) is 1. The third-order valence-corrected chi connectivity index (χ3v) is 3.68. The smallest absolute Gasteiger partial charge is 0.149 e. The van der Waals surface area contributed by atoms with E-state index < -0.39 is 11.6 Å². The zero-order valence-electron chi connectivity index (χ0n) is 11.9. The van der Waals surface area contributed by atoms with E-state index in [4.69, 9.17) is 0 Å². The summed E-state index contributed by atoms with van der Waals surface area (Å²) in [6.45, 7) is 4.62. The van der Waals surface area contributed by atoms with Gasteiger partial charge in [-0.3, -0.25) is 0 Å². The van der Waals surface area contributed by atoms with Crippen LogP contribution in [0.25, 0.3) is 11.3 Å². The highest BCUT2D eigenvalue weighted by molar-refractivity contribution is 9.10. The predicted molar refractivity (Wildman–Crippen MR) is 83.2 cm³/mol. The summed E-state index contributed by atoms with van der Waals surface area (Å²) in [6, 6.07) is 2.58. The van der Waals surface area contributed by atoms with Crippen LogP contribution in [0.1, 0.15) is 25.8 Å². The van der Waals surface area contributed by atoms with Crippen LogP contribution in [0, 0.1) is 11.6 Å². The standard InChI is InChI=1S/C15H16BrF2N3/c1-3-5-9-14(20-8-21-15(9)19-4-2)12-11(17)7-6-10(16)13(12)18/h6-8H,3-5H2,1-2H3,(H,19,20,21). The Bertz CT molecular complexity index is 647. The Morgan fingerprint density at radius 3 is 2.62 bits per heavy atom. The molecule has 0 aliphatic carbocycles. The van der Waals surface area contributed by atoms with E-state index in [-0.39, 0.29) is 10.0 Å². The maximum atomic E-state index is 14.3. The van der Waals surface area contributed by atoms with Crippen molar-refractivity contribution >= 4 is 21.7 Å². The largest absolute Gasteiger partial charge is 0.370 e. The molecule has 0 aliphatic heterocycles. The molecule has 2 aromatic rings. The lowest BCUT2D eigenvalue weighted by molar-refractivity contribution is 0.584. The van der Waals surface area contributed by atoms with E-state index in [2.05, 4.69) is 31.2 Å². The van der Waals surface area contributed by atoms with Crippen LogP contribution < -0.4 is 5.32 Å². The maximum Gasteiger partial charge on any atom is 0.149 e. The molecule has 0 radical (unpaired) electrons. The van der Waals surface area contributed by atoms with E-state index in [0.717, 1.165) is 12.0 Å². The molecule has 0 amide bonds. The third-order valence-electron chi connectivity index (χ3n) is 3.07. The first-order valence-corrected chi connectivity index (χ1v) is 7.61. The van der Waals surface area contributed by atoms with Crippen LogP contribution in [0.5, 0.6) is 0 Å². The van der Waals surface area contributed by atoms with Crippen molar-refractivity contribution in [1.82, 2.24) is 9.97 Å². The summed E-state index contributed by atoms with van der Waals surface area (Å²) < 4.78 is 28.6. The van der Waals surface area contributed by atoms with Crippen molar-refractivity contribution in [3.8, 4) is 11.3 Å². The fourth-order valence-corrected chi connectivity index (χ4v) is 2.51. The van der Waals surface area contributed by atoms with Gasteiger partial charge in [0.1, 0.15) is 23.8 Å². The number of anilines is 1. The van der Waals surface area contributed by atoms with Crippen LogP contribution in [0.15, 0.2) is 22.9 Å². The second-order valence-corrected chi connectivity index (χ2v) is 5.40. The first-order valence-electron chi connectivity index (χ1n) is 6.81. The average Bonchev–Trinajstić information content (AvgIpc) is 2.47. The molecule has 112 valence electrons. The minimum Gasteiger partial charge on any atom is -0.370 e. The zero-order chi connectivity index (χ0) is 15.4. The van der Waals surface area contributed by atoms with Crippen molar-refractivity contribution in [3.63, 3.8) is 0 Å². The quantitative estimate of drug-likeness (QED) is 0.798. The molecule has 6 heteroatoms. The third kappa shape index (κ3) is 3.20. The summed E-state index contributed by atoms with van der Waals surface area (Å²) in [6.07, 6.45) is 2.80. The van der Waals surface area contributed by atoms with Crippen molar-refractivity contribution in [1.29, 1.82) is 0 Å². The topological polar surface area (TPSA) is 37.8 Å². The summed E-state index contributed by atoms with van der Waals surface area (Å²) >= 11 is 3.09. The SMILES string of the molecule is CCCc1c(NCC)ncnc1-c1c(F)ccc(Br)c1F. The Morgan fingerprint density at radius 1 is 1.19 bits per heavy atom. The van der Waals surface area contributed by atoms with E-state index in [1.54, 1.807) is 0 Å². The van der Waals surface area contributed by atoms with Crippen molar-refractivity contribution in [2.75, 3.05) is 11.9 Å². The van der Waals surface area contributed by atoms with Crippen molar-refractivity contribution < 1.29 is 8.78 Å². The Hall–Kier alpha value is -1.56. The van der Waals surface area contributed by atoms with E-state index >= 15 is 0 Å². The van der Waals surface area contributed by atoms with Crippen LogP contribution in [0.4, 0.5) is 14.6 Å². The fourth-order valence-electron chi connectivity index (χ4n) is 2.18. The molecule has 1 aromatic heterocycles. The summed E-state index contributed by atoms with van der Waals surface area (Å²) in [5.74, 6) is -0.647. The highest BCUT2D eigenvalue weighted by Gasteiger charge is 2.20. The van der Waals surface area contributed by atoms with Gasteiger partial charge in [0.2, 0.25) is 0 Å². The van der Waals surface area contributed by atoms with Gasteiger partial charge in [-0.2, -0.15) is 0 Å². The Labute approximate surface area is 131 Å². The summed E-state index contributed by atoms with van der Waals surface area (Å²) in [5.41, 5.74) is 0.922. The summed E-state index contributed by atoms with van der Waals surface area (Å²) in [5, 5.41) is 3.12. The number of nitrogens with one attached hydrogen (secondary N) is 1. The van der Waals surface area contributed by atoms with Gasteiger partial charge in [0.05, 0.1) is 15.7 Å². The molecule has 0 saturated carbocycles. The lowest BCUT2D eigenvalue weighted by Gasteiger charge is -2.14. The number of aromatic nitrogens is 2. The number of halogens is 3. The molecule has 1 N–H and O–H groups in total. The fraction of sp³-hybridized carbons (Fsp3) is 0.333. The van der Waals surface area contributed by atoms with Crippen LogP contribution in [0.3, 0.4) is 0 Å². The number of rotatable bonds is 5. The van der Waals surface area contributed by atoms with Gasteiger partial charge >= 0.3 is 0 Å². The normalized spacial score (nSPS) is 10.7. The molecule has 1 aromatic carbocycles. The molecule has 0 atom stereocenters. The van der Waals surface area contributed by atoms with Crippen LogP contribution in [-0.4, -0.2) is 16.5 Å². The summed E-state index contributed by atoms with van der Waals surface area (Å²) in [7, 11) is 0. The lowest BCUT2D eigenvalue weighted by Crippen LogP contribution is -2.07. The van der Waals surface area contributed by atoms with Gasteiger partial charge in [-0.25, -0.2) is 18.7 Å². The summed E-state index contributed by atoms with van der Waals surface area (Å²) in [4.78, 5) is 8.30. The van der Waals surface area contributed by atoms with Gasteiger partial charge in [0.25, 0.3) is 0 Å². The molecule has 0 fully saturated rings. The molecule has 0 spiro atoms. The highest BCUT2D eigenvalue weighted by atomic mass is 79.9. The van der Waals surface area contributed by atoms with Gasteiger partial charge in [0, 0.05) is 12.1 Å². The minimum absolute atomic E-state index is 0.116. The number of benzene rings is 1. The molecule has 0 unspecified atom stereocenters. The number of hydrogen-bond acceptors (Lipinski definition) is 3. The average molecular weight is 356 g/mol. The second kappa shape index (κ2) is 6.93. The van der Waals surface area contributed by atoms with Crippen molar-refractivity contribution in [2.24, 2.45) is 0 Å². The Kier molecular flexibility index (Phi) is 5.22. The lowest BCUT2D eigenvalue weighted by atomic mass is 10.0. The Morgan fingerprint density at radius 2 is 1.95 bits per heavy atom. The highest BCUT2D eigenvalue weighted by Crippen LogP contribution is 2.33. The molecule has 2 rings (SSSR count). The van der Waals surface area contributed by atoms with Crippen molar-refractivity contribution in [2.45, 2.75) is 26.7 Å². The van der Waals surface area contributed by atoms with Gasteiger partial charge in [-0.1, -0.05) is 13.3 Å². The first-order chi connectivity index (χ1) is 10.1. The van der Waals surface area contributed by atoms with Gasteiger partial charge in [0.15, 0.2) is 0 Å². The van der Waals surface area contributed by atoms with Gasteiger partial charge in [-0.05, 0) is 41.4 Å². The molecular formula is C15H16BrF2N3. The molecule has 0 bridgehead atoms. The van der Waals surface area contributed by atoms with E-state index in [9.17, 15) is 8.78 Å². The molecule has 0 aliphatic rings. The predicted octanol–water partition coefficient (Wildman–Crippen LogP) is 4.57. The van der Waals surface area contributed by atoms with Crippen LogP contribution in [0.2, 0.25) is 0 Å². The van der Waals surface area contributed by atoms with E-state index in [1.807, 2.05) is 13.8 Å². The first kappa shape index (κ1) is 15.8. The minimum atomic E-state index is -0.645. The monoisotopic (exact) mass is 355 g/mol. The van der Waals surface area contributed by atoms with Gasteiger partial charge in [-0.15, -0.1) is 0 Å². The molecule has 0 saturated heterocycles. The van der Waals surface area contributed by atoms with Crippen molar-refractivity contribution in [3.05, 3.63) is 40.1 Å². The Balaban J connectivity index is 2.69. The van der Waals surface area contributed by atoms with E-state index in [0.29, 0.717) is 24.5 Å². The second-order valence-electron chi connectivity index (χ2n) is 4.55. The van der Waals surface area contributed by atoms with Crippen LogP contribution in [-0.2, 0) is 6.42 Å². The molecular weight excluding hydrogens is 340 g/mol. The number of nitrogens with zero attached hydrogens (tertiary/aromatic N) is 2.